The number of aromatic nitrogens is 3. The second kappa shape index (κ2) is 8.40. The number of imide groups is 1. The van der Waals surface area contributed by atoms with Crippen molar-refractivity contribution in [1.82, 2.24) is 24.8 Å². The fourth-order valence-electron chi connectivity index (χ4n) is 4.06. The van der Waals surface area contributed by atoms with Gasteiger partial charge in [-0.3, -0.25) is 19.8 Å². The van der Waals surface area contributed by atoms with Crippen molar-refractivity contribution in [2.45, 2.75) is 19.9 Å². The Hall–Kier alpha value is -3.17. The topological polar surface area (TPSA) is 82.8 Å². The smallest absolute Gasteiger partial charge is 0.290 e. The molecule has 9 heteroatoms. The van der Waals surface area contributed by atoms with Crippen molar-refractivity contribution >= 4 is 40.3 Å². The van der Waals surface area contributed by atoms with Crippen molar-refractivity contribution in [3.05, 3.63) is 53.2 Å². The van der Waals surface area contributed by atoms with Crippen molar-refractivity contribution in [3.63, 3.8) is 0 Å². The quantitative estimate of drug-likeness (QED) is 0.614. The summed E-state index contributed by atoms with van der Waals surface area (Å²) in [6.45, 7) is 8.71. The maximum absolute atomic E-state index is 11.8. The van der Waals surface area contributed by atoms with Gasteiger partial charge in [0.2, 0.25) is 0 Å². The third kappa shape index (κ3) is 4.01. The first-order chi connectivity index (χ1) is 15.5. The minimum Gasteiger partial charge on any atom is -0.369 e. The van der Waals surface area contributed by atoms with Gasteiger partial charge in [-0.05, 0) is 56.0 Å². The minimum atomic E-state index is -0.391. The number of thioether (sulfide) groups is 1. The lowest BCUT2D eigenvalue weighted by atomic mass is 10.1. The zero-order valence-corrected chi connectivity index (χ0v) is 18.8. The molecule has 2 amide bonds. The zero-order valence-electron chi connectivity index (χ0n) is 18.0. The van der Waals surface area contributed by atoms with Crippen LogP contribution in [0.3, 0.4) is 0 Å². The number of rotatable bonds is 4. The Morgan fingerprint density at radius 2 is 1.78 bits per heavy atom. The molecular weight excluding hydrogens is 424 g/mol. The van der Waals surface area contributed by atoms with Crippen LogP contribution in [-0.2, 0) is 4.79 Å². The molecule has 1 N–H and O–H groups in total. The molecule has 5 rings (SSSR count). The molecule has 3 aromatic rings. The summed E-state index contributed by atoms with van der Waals surface area (Å²) < 4.78 is 1.77. The molecule has 8 nitrogen and oxygen atoms in total. The van der Waals surface area contributed by atoms with Gasteiger partial charge in [0.25, 0.3) is 11.1 Å². The summed E-state index contributed by atoms with van der Waals surface area (Å²) >= 11 is 0.882. The van der Waals surface area contributed by atoms with E-state index in [9.17, 15) is 9.59 Å². The number of hydrogen-bond acceptors (Lipinski definition) is 7. The van der Waals surface area contributed by atoms with E-state index in [1.165, 1.54) is 5.69 Å². The highest BCUT2D eigenvalue weighted by Gasteiger charge is 2.25. The zero-order chi connectivity index (χ0) is 22.2. The van der Waals surface area contributed by atoms with Crippen LogP contribution in [0.15, 0.2) is 47.5 Å². The summed E-state index contributed by atoms with van der Waals surface area (Å²) in [6.07, 6.45) is 3.42. The van der Waals surface area contributed by atoms with Crippen LogP contribution < -0.4 is 10.2 Å². The molecule has 1 aromatic carbocycles. The van der Waals surface area contributed by atoms with Gasteiger partial charge in [0, 0.05) is 43.5 Å². The Bertz CT molecular complexity index is 1210. The third-order valence-electron chi connectivity index (χ3n) is 5.88. The fourth-order valence-corrected chi connectivity index (χ4v) is 4.72. The van der Waals surface area contributed by atoms with Gasteiger partial charge in [-0.1, -0.05) is 12.1 Å². The SMILES string of the molecule is CC(C)N1CCN(c2ccc(-c3cnc4ccc(C=C5SC(=O)NC5=O)nn34)cc2)CC1. The van der Waals surface area contributed by atoms with Crippen molar-refractivity contribution in [2.75, 3.05) is 31.1 Å². The van der Waals surface area contributed by atoms with E-state index in [0.717, 1.165) is 54.8 Å². The van der Waals surface area contributed by atoms with Crippen LogP contribution in [0.25, 0.3) is 23.0 Å². The molecule has 4 heterocycles. The monoisotopic (exact) mass is 448 g/mol. The van der Waals surface area contributed by atoms with E-state index in [0.29, 0.717) is 16.6 Å². The Kier molecular flexibility index (Phi) is 5.44. The van der Waals surface area contributed by atoms with Gasteiger partial charge in [0.05, 0.1) is 22.5 Å². The number of fused-ring (bicyclic) bond motifs is 1. The van der Waals surface area contributed by atoms with E-state index in [-0.39, 0.29) is 5.24 Å². The van der Waals surface area contributed by atoms with Crippen molar-refractivity contribution < 1.29 is 9.59 Å². The highest BCUT2D eigenvalue weighted by molar-refractivity contribution is 8.18. The van der Waals surface area contributed by atoms with Crippen LogP contribution in [0.2, 0.25) is 0 Å². The normalized spacial score (nSPS) is 18.8. The molecule has 0 atom stereocenters. The Morgan fingerprint density at radius 1 is 1.03 bits per heavy atom. The molecule has 164 valence electrons. The largest absolute Gasteiger partial charge is 0.369 e. The number of carbonyl (C=O) groups excluding carboxylic acids is 2. The minimum absolute atomic E-state index is 0.338. The van der Waals surface area contributed by atoms with Crippen LogP contribution >= 0.6 is 11.8 Å². The number of piperazine rings is 1. The lowest BCUT2D eigenvalue weighted by molar-refractivity contribution is -0.115. The molecule has 0 aliphatic carbocycles. The average Bonchev–Trinajstić information content (AvgIpc) is 3.36. The van der Waals surface area contributed by atoms with Gasteiger partial charge in [-0.15, -0.1) is 0 Å². The van der Waals surface area contributed by atoms with Crippen LogP contribution in [-0.4, -0.2) is 62.9 Å². The summed E-state index contributed by atoms with van der Waals surface area (Å²) in [5.74, 6) is -0.391. The predicted octanol–water partition coefficient (Wildman–Crippen LogP) is 3.25. The van der Waals surface area contributed by atoms with Gasteiger partial charge < -0.3 is 4.90 Å². The third-order valence-corrected chi connectivity index (χ3v) is 6.69. The molecule has 32 heavy (non-hydrogen) atoms. The number of amides is 2. The number of nitrogens with one attached hydrogen (secondary N) is 1. The highest BCUT2D eigenvalue weighted by Crippen LogP contribution is 2.27. The van der Waals surface area contributed by atoms with Gasteiger partial charge in [-0.25, -0.2) is 9.50 Å². The Balaban J connectivity index is 1.38. The van der Waals surface area contributed by atoms with Gasteiger partial charge >= 0.3 is 0 Å². The summed E-state index contributed by atoms with van der Waals surface area (Å²) in [7, 11) is 0. The molecule has 2 saturated heterocycles. The lowest BCUT2D eigenvalue weighted by Gasteiger charge is -2.38. The Morgan fingerprint density at radius 3 is 2.44 bits per heavy atom. The van der Waals surface area contributed by atoms with Crippen LogP contribution in [0.1, 0.15) is 19.5 Å². The molecule has 2 aromatic heterocycles. The average molecular weight is 449 g/mol. The molecule has 0 bridgehead atoms. The number of carbonyl (C=O) groups is 2. The highest BCUT2D eigenvalue weighted by atomic mass is 32.2. The first-order valence-corrected chi connectivity index (χ1v) is 11.5. The standard InChI is InChI=1S/C23H24N6O2S/c1-15(2)27-9-11-28(12-10-27)18-6-3-16(4-7-18)19-14-24-21-8-5-17(26-29(19)21)13-20-22(30)25-23(31)32-20/h3-8,13-15H,9-12H2,1-2H3,(H,25,30,31). The summed E-state index contributed by atoms with van der Waals surface area (Å²) in [6, 6.07) is 12.7. The van der Waals surface area contributed by atoms with E-state index >= 15 is 0 Å². The van der Waals surface area contributed by atoms with Crippen LogP contribution in [0, 0.1) is 0 Å². The van der Waals surface area contributed by atoms with Crippen molar-refractivity contribution in [2.24, 2.45) is 0 Å². The molecule has 2 fully saturated rings. The second-order valence-electron chi connectivity index (χ2n) is 8.19. The fraction of sp³-hybridized carbons (Fsp3) is 0.304. The molecular formula is C23H24N6O2S. The first-order valence-electron chi connectivity index (χ1n) is 10.7. The molecule has 0 radical (unpaired) electrons. The van der Waals surface area contributed by atoms with E-state index < -0.39 is 5.91 Å². The van der Waals surface area contributed by atoms with E-state index in [1.54, 1.807) is 22.9 Å². The number of benzene rings is 1. The van der Waals surface area contributed by atoms with Crippen molar-refractivity contribution in [3.8, 4) is 11.3 Å². The van der Waals surface area contributed by atoms with Crippen molar-refractivity contribution in [1.29, 1.82) is 0 Å². The summed E-state index contributed by atoms with van der Waals surface area (Å²) in [5.41, 5.74) is 4.41. The lowest BCUT2D eigenvalue weighted by Crippen LogP contribution is -2.48. The number of nitrogens with zero attached hydrogens (tertiary/aromatic N) is 5. The van der Waals surface area contributed by atoms with Gasteiger partial charge in [0.1, 0.15) is 0 Å². The van der Waals surface area contributed by atoms with E-state index in [4.69, 9.17) is 0 Å². The number of hydrogen-bond donors (Lipinski definition) is 1. The molecule has 0 saturated carbocycles. The van der Waals surface area contributed by atoms with Gasteiger partial charge in [0.15, 0.2) is 5.65 Å². The predicted molar refractivity (Wildman–Crippen MR) is 126 cm³/mol. The molecule has 0 spiro atoms. The summed E-state index contributed by atoms with van der Waals surface area (Å²) in [5, 5.41) is 6.52. The Labute approximate surface area is 190 Å². The van der Waals surface area contributed by atoms with E-state index in [2.05, 4.69) is 63.3 Å². The second-order valence-corrected chi connectivity index (χ2v) is 9.20. The van der Waals surface area contributed by atoms with Gasteiger partial charge in [-0.2, -0.15) is 5.10 Å². The molecule has 2 aliphatic heterocycles. The van der Waals surface area contributed by atoms with Crippen LogP contribution in [0.5, 0.6) is 0 Å². The van der Waals surface area contributed by atoms with E-state index in [1.807, 2.05) is 6.07 Å². The molecule has 2 aliphatic rings. The maximum Gasteiger partial charge on any atom is 0.290 e. The number of imidazole rings is 1. The number of anilines is 1. The first kappa shape index (κ1) is 20.7. The maximum atomic E-state index is 11.8. The summed E-state index contributed by atoms with van der Waals surface area (Å²) in [4.78, 5) is 33.0. The van der Waals surface area contributed by atoms with Crippen LogP contribution in [0.4, 0.5) is 10.5 Å². The molecule has 0 unspecified atom stereocenters.